The van der Waals surface area contributed by atoms with Crippen LogP contribution in [0.1, 0.15) is 0 Å². The number of rotatable bonds is 2. The molecule has 3 aromatic rings. The zero-order valence-corrected chi connectivity index (χ0v) is 10.6. The van der Waals surface area contributed by atoms with Gasteiger partial charge in [-0.1, -0.05) is 12.1 Å². The molecular weight excluding hydrogens is 301 g/mol. The lowest BCUT2D eigenvalue weighted by Gasteiger charge is -2.07. The Balaban J connectivity index is 2.10. The Kier molecular flexibility index (Phi) is 2.71. The lowest BCUT2D eigenvalue weighted by molar-refractivity contribution is 0.428. The minimum absolute atomic E-state index is 0.119. The van der Waals surface area contributed by atoms with Crippen molar-refractivity contribution in [3.8, 4) is 11.6 Å². The highest BCUT2D eigenvalue weighted by atomic mass is 79.9. The van der Waals surface area contributed by atoms with Crippen molar-refractivity contribution in [1.29, 1.82) is 0 Å². The van der Waals surface area contributed by atoms with E-state index in [1.165, 1.54) is 12.1 Å². The van der Waals surface area contributed by atoms with E-state index in [-0.39, 0.29) is 11.6 Å². The summed E-state index contributed by atoms with van der Waals surface area (Å²) in [4.78, 5) is 8.27. The smallest absolute Gasteiger partial charge is 0.265 e. The summed E-state index contributed by atoms with van der Waals surface area (Å²) in [7, 11) is 0. The minimum atomic E-state index is -0.441. The molecule has 0 atom stereocenters. The van der Waals surface area contributed by atoms with Gasteiger partial charge in [-0.25, -0.2) is 14.4 Å². The number of halogens is 2. The number of nitrogens with zero attached hydrogens (tertiary/aromatic N) is 3. The van der Waals surface area contributed by atoms with Crippen LogP contribution in [0.25, 0.3) is 5.65 Å². The molecule has 0 unspecified atom stereocenters. The van der Waals surface area contributed by atoms with Crippen LogP contribution >= 0.6 is 15.9 Å². The van der Waals surface area contributed by atoms with Gasteiger partial charge in [-0.3, -0.25) is 4.40 Å². The summed E-state index contributed by atoms with van der Waals surface area (Å²) in [5, 5.41) is 0. The van der Waals surface area contributed by atoms with Gasteiger partial charge in [0.05, 0.1) is 0 Å². The molecule has 1 aromatic carbocycles. The molecule has 0 aliphatic rings. The molecule has 0 saturated carbocycles. The van der Waals surface area contributed by atoms with E-state index >= 15 is 0 Å². The van der Waals surface area contributed by atoms with Crippen LogP contribution in [0.4, 0.5) is 4.39 Å². The van der Waals surface area contributed by atoms with Crippen molar-refractivity contribution in [3.63, 3.8) is 0 Å². The SMILES string of the molecule is Fc1ccccc1Oc1nc(Br)cn2ccnc12. The molecule has 0 radical (unpaired) electrons. The molecule has 2 heterocycles. The Labute approximate surface area is 110 Å². The summed E-state index contributed by atoms with van der Waals surface area (Å²) in [6.07, 6.45) is 5.13. The fourth-order valence-corrected chi connectivity index (χ4v) is 1.96. The fraction of sp³-hybridized carbons (Fsp3) is 0. The zero-order valence-electron chi connectivity index (χ0n) is 9.05. The Hall–Kier alpha value is -1.95. The molecule has 18 heavy (non-hydrogen) atoms. The van der Waals surface area contributed by atoms with E-state index in [0.29, 0.717) is 10.3 Å². The van der Waals surface area contributed by atoms with Gasteiger partial charge in [0.1, 0.15) is 4.60 Å². The maximum atomic E-state index is 13.5. The van der Waals surface area contributed by atoms with E-state index in [1.54, 1.807) is 35.1 Å². The van der Waals surface area contributed by atoms with Crippen LogP contribution in [-0.2, 0) is 0 Å². The Morgan fingerprint density at radius 1 is 1.28 bits per heavy atom. The second kappa shape index (κ2) is 4.38. The summed E-state index contributed by atoms with van der Waals surface area (Å²) in [5.41, 5.74) is 0.529. The first-order valence-electron chi connectivity index (χ1n) is 5.15. The maximum Gasteiger partial charge on any atom is 0.265 e. The predicted octanol–water partition coefficient (Wildman–Crippen LogP) is 3.42. The van der Waals surface area contributed by atoms with Crippen LogP contribution in [0.3, 0.4) is 0 Å². The van der Waals surface area contributed by atoms with E-state index < -0.39 is 5.82 Å². The highest BCUT2D eigenvalue weighted by Gasteiger charge is 2.11. The second-order valence-corrected chi connectivity index (χ2v) is 4.37. The minimum Gasteiger partial charge on any atom is -0.433 e. The molecule has 0 amide bonds. The van der Waals surface area contributed by atoms with Gasteiger partial charge in [0, 0.05) is 18.6 Å². The Morgan fingerprint density at radius 2 is 2.11 bits per heavy atom. The highest BCUT2D eigenvalue weighted by molar-refractivity contribution is 9.10. The summed E-state index contributed by atoms with van der Waals surface area (Å²) in [5.74, 6) is -0.0727. The fourth-order valence-electron chi connectivity index (χ4n) is 1.57. The number of hydrogen-bond acceptors (Lipinski definition) is 3. The summed E-state index contributed by atoms with van der Waals surface area (Å²) in [6, 6.07) is 6.16. The predicted molar refractivity (Wildman–Crippen MR) is 67.2 cm³/mol. The molecule has 2 aromatic heterocycles. The summed E-state index contributed by atoms with van der Waals surface area (Å²) < 4.78 is 21.3. The van der Waals surface area contributed by atoms with Crippen LogP contribution in [-0.4, -0.2) is 14.4 Å². The Bertz CT molecular complexity index is 713. The van der Waals surface area contributed by atoms with Crippen LogP contribution in [0.5, 0.6) is 11.6 Å². The van der Waals surface area contributed by atoms with Crippen molar-refractivity contribution in [3.05, 3.63) is 53.3 Å². The molecule has 0 spiro atoms. The lowest BCUT2D eigenvalue weighted by Crippen LogP contribution is -1.96. The topological polar surface area (TPSA) is 39.4 Å². The van der Waals surface area contributed by atoms with Crippen LogP contribution < -0.4 is 4.74 Å². The maximum absolute atomic E-state index is 13.5. The van der Waals surface area contributed by atoms with Gasteiger partial charge in [-0.05, 0) is 28.1 Å². The van der Waals surface area contributed by atoms with E-state index in [4.69, 9.17) is 4.74 Å². The number of para-hydroxylation sites is 1. The monoisotopic (exact) mass is 307 g/mol. The van der Waals surface area contributed by atoms with Gasteiger partial charge in [0.15, 0.2) is 11.6 Å². The number of imidazole rings is 1. The molecule has 90 valence electrons. The third-order valence-corrected chi connectivity index (χ3v) is 2.74. The van der Waals surface area contributed by atoms with E-state index in [1.807, 2.05) is 0 Å². The molecule has 0 aliphatic carbocycles. The highest BCUT2D eigenvalue weighted by Crippen LogP contribution is 2.26. The molecular formula is C12H7BrFN3O. The third kappa shape index (κ3) is 1.95. The zero-order chi connectivity index (χ0) is 12.5. The molecule has 4 nitrogen and oxygen atoms in total. The molecule has 3 rings (SSSR count). The van der Waals surface area contributed by atoms with E-state index in [2.05, 4.69) is 25.9 Å². The van der Waals surface area contributed by atoms with Crippen molar-refractivity contribution < 1.29 is 9.13 Å². The average molecular weight is 308 g/mol. The standard InChI is InChI=1S/C12H7BrFN3O/c13-10-7-17-6-5-15-11(17)12(16-10)18-9-4-2-1-3-8(9)14/h1-7H. The first-order chi connectivity index (χ1) is 8.74. The van der Waals surface area contributed by atoms with Gasteiger partial charge in [0.25, 0.3) is 5.88 Å². The van der Waals surface area contributed by atoms with Gasteiger partial charge in [0.2, 0.25) is 5.65 Å². The van der Waals surface area contributed by atoms with E-state index in [9.17, 15) is 4.39 Å². The van der Waals surface area contributed by atoms with Gasteiger partial charge in [-0.15, -0.1) is 0 Å². The number of benzene rings is 1. The van der Waals surface area contributed by atoms with Crippen molar-refractivity contribution in [2.24, 2.45) is 0 Å². The van der Waals surface area contributed by atoms with Crippen LogP contribution in [0.2, 0.25) is 0 Å². The van der Waals surface area contributed by atoms with Crippen LogP contribution in [0, 0.1) is 5.82 Å². The number of ether oxygens (including phenoxy) is 1. The second-order valence-electron chi connectivity index (χ2n) is 3.56. The number of fused-ring (bicyclic) bond motifs is 1. The molecule has 0 bridgehead atoms. The first-order valence-corrected chi connectivity index (χ1v) is 5.95. The van der Waals surface area contributed by atoms with Crippen molar-refractivity contribution >= 4 is 21.6 Å². The van der Waals surface area contributed by atoms with Gasteiger partial charge < -0.3 is 4.74 Å². The number of hydrogen-bond donors (Lipinski definition) is 0. The average Bonchev–Trinajstić information content (AvgIpc) is 2.80. The summed E-state index contributed by atoms with van der Waals surface area (Å²) in [6.45, 7) is 0. The van der Waals surface area contributed by atoms with Crippen molar-refractivity contribution in [1.82, 2.24) is 14.4 Å². The summed E-state index contributed by atoms with van der Waals surface area (Å²) >= 11 is 3.27. The molecule has 0 saturated heterocycles. The van der Waals surface area contributed by atoms with Crippen molar-refractivity contribution in [2.75, 3.05) is 0 Å². The number of aromatic nitrogens is 3. The molecule has 0 aliphatic heterocycles. The molecule has 0 N–H and O–H groups in total. The molecule has 6 heteroatoms. The van der Waals surface area contributed by atoms with Crippen LogP contribution in [0.15, 0.2) is 47.5 Å². The molecule has 0 fully saturated rings. The van der Waals surface area contributed by atoms with Crippen molar-refractivity contribution in [2.45, 2.75) is 0 Å². The lowest BCUT2D eigenvalue weighted by atomic mass is 10.3. The largest absolute Gasteiger partial charge is 0.433 e. The third-order valence-electron chi connectivity index (χ3n) is 2.36. The quantitative estimate of drug-likeness (QED) is 0.728. The van der Waals surface area contributed by atoms with Gasteiger partial charge >= 0.3 is 0 Å². The first kappa shape index (κ1) is 11.2. The Morgan fingerprint density at radius 3 is 2.94 bits per heavy atom. The van der Waals surface area contributed by atoms with Gasteiger partial charge in [-0.2, -0.15) is 0 Å². The van der Waals surface area contributed by atoms with E-state index in [0.717, 1.165) is 0 Å². The normalized spacial score (nSPS) is 10.8.